The molecule has 0 aromatic heterocycles. The number of likely N-dealkylation sites (tertiary alicyclic amines) is 1. The normalized spacial score (nSPS) is 19.8. The zero-order valence-electron chi connectivity index (χ0n) is 11.5. The minimum Gasteiger partial charge on any atom is -0.478 e. The molecule has 0 aliphatic carbocycles. The van der Waals surface area contributed by atoms with Crippen LogP contribution in [0.4, 0.5) is 0 Å². The van der Waals surface area contributed by atoms with E-state index < -0.39 is 16.0 Å². The molecule has 1 aliphatic rings. The van der Waals surface area contributed by atoms with Gasteiger partial charge in [-0.15, -0.1) is 0 Å². The number of sulfonamides is 1. The predicted octanol–water partition coefficient (Wildman–Crippen LogP) is 1.27. The third-order valence-electron chi connectivity index (χ3n) is 3.53. The zero-order chi connectivity index (χ0) is 15.6. The zero-order valence-corrected chi connectivity index (χ0v) is 13.1. The fourth-order valence-electron chi connectivity index (χ4n) is 2.34. The molecule has 21 heavy (non-hydrogen) atoms. The third-order valence-corrected chi connectivity index (χ3v) is 5.27. The molecular weight excluding hydrogens is 316 g/mol. The van der Waals surface area contributed by atoms with Crippen LogP contribution in [0.15, 0.2) is 23.1 Å². The van der Waals surface area contributed by atoms with Crippen LogP contribution in [-0.2, 0) is 10.0 Å². The molecule has 2 N–H and O–H groups in total. The fourth-order valence-corrected chi connectivity index (χ4v) is 3.81. The van der Waals surface area contributed by atoms with E-state index in [4.69, 9.17) is 16.7 Å². The van der Waals surface area contributed by atoms with Gasteiger partial charge in [0.05, 0.1) is 15.5 Å². The number of benzene rings is 1. The second-order valence-electron chi connectivity index (χ2n) is 5.22. The van der Waals surface area contributed by atoms with Gasteiger partial charge in [0, 0.05) is 13.1 Å². The molecular formula is C13H17ClN2O4S. The molecule has 1 atom stereocenters. The third kappa shape index (κ3) is 3.94. The van der Waals surface area contributed by atoms with Crippen molar-refractivity contribution in [3.63, 3.8) is 0 Å². The van der Waals surface area contributed by atoms with Crippen molar-refractivity contribution >= 4 is 27.6 Å². The van der Waals surface area contributed by atoms with Crippen molar-refractivity contribution in [3.05, 3.63) is 28.8 Å². The van der Waals surface area contributed by atoms with Crippen LogP contribution >= 0.6 is 11.6 Å². The van der Waals surface area contributed by atoms with E-state index in [0.717, 1.165) is 25.6 Å². The minimum absolute atomic E-state index is 0.0242. The topological polar surface area (TPSA) is 86.7 Å². The fraction of sp³-hybridized carbons (Fsp3) is 0.462. The van der Waals surface area contributed by atoms with Gasteiger partial charge in [-0.2, -0.15) is 0 Å². The Morgan fingerprint density at radius 1 is 1.52 bits per heavy atom. The van der Waals surface area contributed by atoms with E-state index in [-0.39, 0.29) is 15.5 Å². The molecule has 0 spiro atoms. The lowest BCUT2D eigenvalue weighted by Gasteiger charge is -2.12. The van der Waals surface area contributed by atoms with Gasteiger partial charge < -0.3 is 10.0 Å². The number of nitrogens with zero attached hydrogens (tertiary/aromatic N) is 1. The molecule has 1 saturated heterocycles. The standard InChI is InChI=1S/C13H17ClN2O4S/c1-16-5-4-9(8-16)7-15-21(19,20)10-2-3-11(13(17)18)12(14)6-10/h2-3,6,9,15H,4-5,7-8H2,1H3,(H,17,18). The lowest BCUT2D eigenvalue weighted by molar-refractivity contribution is 0.0697. The average Bonchev–Trinajstić information content (AvgIpc) is 2.82. The molecule has 1 fully saturated rings. The van der Waals surface area contributed by atoms with E-state index in [2.05, 4.69) is 9.62 Å². The maximum Gasteiger partial charge on any atom is 0.337 e. The highest BCUT2D eigenvalue weighted by Gasteiger charge is 2.23. The number of carboxylic acid groups (broad SMARTS) is 1. The van der Waals surface area contributed by atoms with Crippen LogP contribution in [0.5, 0.6) is 0 Å². The largest absolute Gasteiger partial charge is 0.478 e. The van der Waals surface area contributed by atoms with Crippen LogP contribution in [0.3, 0.4) is 0 Å². The van der Waals surface area contributed by atoms with E-state index in [1.165, 1.54) is 12.1 Å². The maximum atomic E-state index is 12.2. The summed E-state index contributed by atoms with van der Waals surface area (Å²) < 4.78 is 26.9. The van der Waals surface area contributed by atoms with Crippen molar-refractivity contribution in [2.24, 2.45) is 5.92 Å². The molecule has 8 heteroatoms. The number of halogens is 1. The van der Waals surface area contributed by atoms with Crippen LogP contribution in [0.1, 0.15) is 16.8 Å². The second-order valence-corrected chi connectivity index (χ2v) is 7.39. The van der Waals surface area contributed by atoms with Gasteiger partial charge in [0.1, 0.15) is 0 Å². The van der Waals surface area contributed by atoms with Crippen LogP contribution < -0.4 is 4.72 Å². The number of carboxylic acids is 1. The Morgan fingerprint density at radius 3 is 2.76 bits per heavy atom. The molecule has 1 aromatic carbocycles. The van der Waals surface area contributed by atoms with E-state index in [1.54, 1.807) is 0 Å². The number of hydrogen-bond acceptors (Lipinski definition) is 4. The van der Waals surface area contributed by atoms with Crippen LogP contribution in [0.25, 0.3) is 0 Å². The second kappa shape index (κ2) is 6.31. The Morgan fingerprint density at radius 2 is 2.24 bits per heavy atom. The highest BCUT2D eigenvalue weighted by molar-refractivity contribution is 7.89. The summed E-state index contributed by atoms with van der Waals surface area (Å²) in [5.74, 6) is -0.899. The minimum atomic E-state index is -3.68. The first kappa shape index (κ1) is 16.2. The first-order valence-corrected chi connectivity index (χ1v) is 8.37. The van der Waals surface area contributed by atoms with Gasteiger partial charge in [-0.3, -0.25) is 0 Å². The van der Waals surface area contributed by atoms with Gasteiger partial charge in [-0.05, 0) is 44.1 Å². The molecule has 0 amide bonds. The molecule has 1 aliphatic heterocycles. The van der Waals surface area contributed by atoms with Crippen LogP contribution in [-0.4, -0.2) is 51.1 Å². The summed E-state index contributed by atoms with van der Waals surface area (Å²) in [5, 5.41) is 8.79. The molecule has 116 valence electrons. The van der Waals surface area contributed by atoms with Gasteiger partial charge in [0.25, 0.3) is 0 Å². The van der Waals surface area contributed by atoms with E-state index >= 15 is 0 Å². The molecule has 0 radical (unpaired) electrons. The quantitative estimate of drug-likeness (QED) is 0.848. The molecule has 6 nitrogen and oxygen atoms in total. The van der Waals surface area contributed by atoms with E-state index in [0.29, 0.717) is 12.5 Å². The Hall–Kier alpha value is -1.15. The molecule has 1 unspecified atom stereocenters. The lowest BCUT2D eigenvalue weighted by Crippen LogP contribution is -2.30. The molecule has 0 bridgehead atoms. The van der Waals surface area contributed by atoms with Gasteiger partial charge in [0.15, 0.2) is 0 Å². The van der Waals surface area contributed by atoms with Crippen LogP contribution in [0, 0.1) is 5.92 Å². The van der Waals surface area contributed by atoms with Gasteiger partial charge in [0.2, 0.25) is 10.0 Å². The Bertz CT molecular complexity index is 648. The smallest absolute Gasteiger partial charge is 0.337 e. The highest BCUT2D eigenvalue weighted by Crippen LogP contribution is 2.21. The lowest BCUT2D eigenvalue weighted by atomic mass is 10.1. The van der Waals surface area contributed by atoms with Crippen molar-refractivity contribution in [1.82, 2.24) is 9.62 Å². The van der Waals surface area contributed by atoms with Gasteiger partial charge in [-0.1, -0.05) is 11.6 Å². The monoisotopic (exact) mass is 332 g/mol. The summed E-state index contributed by atoms with van der Waals surface area (Å²) in [6.07, 6.45) is 0.956. The molecule has 0 saturated carbocycles. The van der Waals surface area contributed by atoms with Crippen LogP contribution in [0.2, 0.25) is 5.02 Å². The number of hydrogen-bond donors (Lipinski definition) is 2. The average molecular weight is 333 g/mol. The van der Waals surface area contributed by atoms with Crippen molar-refractivity contribution in [2.45, 2.75) is 11.3 Å². The van der Waals surface area contributed by atoms with E-state index in [1.807, 2.05) is 7.05 Å². The summed E-state index contributed by atoms with van der Waals surface area (Å²) in [4.78, 5) is 13.0. The number of carbonyl (C=O) groups is 1. The van der Waals surface area contributed by atoms with Crippen molar-refractivity contribution < 1.29 is 18.3 Å². The van der Waals surface area contributed by atoms with E-state index in [9.17, 15) is 13.2 Å². The summed E-state index contributed by atoms with van der Waals surface area (Å²) in [6, 6.07) is 3.61. The van der Waals surface area contributed by atoms with Gasteiger partial charge in [-0.25, -0.2) is 17.9 Å². The number of nitrogens with one attached hydrogen (secondary N) is 1. The number of rotatable bonds is 5. The van der Waals surface area contributed by atoms with Crippen molar-refractivity contribution in [1.29, 1.82) is 0 Å². The van der Waals surface area contributed by atoms with Crippen molar-refractivity contribution in [2.75, 3.05) is 26.7 Å². The maximum absolute atomic E-state index is 12.2. The summed E-state index contributed by atoms with van der Waals surface area (Å²) in [5.41, 5.74) is -0.118. The van der Waals surface area contributed by atoms with Crippen molar-refractivity contribution in [3.8, 4) is 0 Å². The summed E-state index contributed by atoms with van der Waals surface area (Å²) >= 11 is 5.80. The number of aromatic carboxylic acids is 1. The first-order valence-electron chi connectivity index (χ1n) is 6.50. The summed E-state index contributed by atoms with van der Waals surface area (Å²) in [6.45, 7) is 2.19. The van der Waals surface area contributed by atoms with Gasteiger partial charge >= 0.3 is 5.97 Å². The summed E-state index contributed by atoms with van der Waals surface area (Å²) in [7, 11) is -1.68. The highest BCUT2D eigenvalue weighted by atomic mass is 35.5. The SMILES string of the molecule is CN1CCC(CNS(=O)(=O)c2ccc(C(=O)O)c(Cl)c2)C1. The molecule has 1 aromatic rings. The predicted molar refractivity (Wildman–Crippen MR) is 79.2 cm³/mol. The molecule has 2 rings (SSSR count). The Kier molecular flexibility index (Phi) is 4.88. The first-order chi connectivity index (χ1) is 9.79. The Balaban J connectivity index is 2.09. The Labute approximate surface area is 128 Å². The molecule has 1 heterocycles.